The van der Waals surface area contributed by atoms with Gasteiger partial charge in [-0.2, -0.15) is 0 Å². The zero-order valence-electron chi connectivity index (χ0n) is 12.6. The van der Waals surface area contributed by atoms with E-state index in [-0.39, 0.29) is 5.91 Å². The van der Waals surface area contributed by atoms with E-state index in [2.05, 4.69) is 24.4 Å². The van der Waals surface area contributed by atoms with Gasteiger partial charge in [-0.3, -0.25) is 4.79 Å². The lowest BCUT2D eigenvalue weighted by molar-refractivity contribution is 0.0949. The topological polar surface area (TPSA) is 38.3 Å². The fourth-order valence-corrected chi connectivity index (χ4v) is 1.96. The van der Waals surface area contributed by atoms with E-state index >= 15 is 0 Å². The molecule has 0 radical (unpaired) electrons. The molecule has 2 aromatic carbocycles. The van der Waals surface area contributed by atoms with Crippen LogP contribution in [-0.2, 0) is 6.61 Å². The first-order valence-corrected chi connectivity index (χ1v) is 7.26. The molecular weight excluding hydrogens is 262 g/mol. The number of hydrogen-bond acceptors (Lipinski definition) is 2. The average Bonchev–Trinajstić information content (AvgIpc) is 2.52. The molecule has 0 fully saturated rings. The van der Waals surface area contributed by atoms with Crippen LogP contribution in [0.15, 0.2) is 48.5 Å². The third-order valence-corrected chi connectivity index (χ3v) is 3.18. The number of aryl methyl sites for hydroxylation is 1. The van der Waals surface area contributed by atoms with Gasteiger partial charge in [0.1, 0.15) is 12.4 Å². The van der Waals surface area contributed by atoms with Crippen molar-refractivity contribution in [3.63, 3.8) is 0 Å². The Labute approximate surface area is 126 Å². The van der Waals surface area contributed by atoms with Crippen molar-refractivity contribution in [2.24, 2.45) is 0 Å². The highest BCUT2D eigenvalue weighted by atomic mass is 16.5. The summed E-state index contributed by atoms with van der Waals surface area (Å²) in [6.07, 6.45) is 0.915. The van der Waals surface area contributed by atoms with Crippen LogP contribution in [0.5, 0.6) is 5.75 Å². The van der Waals surface area contributed by atoms with Crippen LogP contribution in [-0.4, -0.2) is 12.5 Å². The van der Waals surface area contributed by atoms with Crippen LogP contribution in [0, 0.1) is 6.92 Å². The Bertz CT molecular complexity index is 590. The van der Waals surface area contributed by atoms with E-state index < -0.39 is 0 Å². The van der Waals surface area contributed by atoms with Gasteiger partial charge in [-0.1, -0.05) is 48.9 Å². The quantitative estimate of drug-likeness (QED) is 0.877. The minimum Gasteiger partial charge on any atom is -0.488 e. The van der Waals surface area contributed by atoms with Crippen LogP contribution in [0.4, 0.5) is 0 Å². The second kappa shape index (κ2) is 7.48. The SMILES string of the molecule is CCCNC(=O)c1ccccc1OCc1ccc(C)cc1. The summed E-state index contributed by atoms with van der Waals surface area (Å²) in [6, 6.07) is 15.5. The summed E-state index contributed by atoms with van der Waals surface area (Å²) in [5.41, 5.74) is 2.89. The molecule has 3 nitrogen and oxygen atoms in total. The van der Waals surface area contributed by atoms with E-state index in [0.29, 0.717) is 24.5 Å². The first-order valence-electron chi connectivity index (χ1n) is 7.26. The fourth-order valence-electron chi connectivity index (χ4n) is 1.96. The number of carbonyl (C=O) groups is 1. The number of carbonyl (C=O) groups excluding carboxylic acids is 1. The van der Waals surface area contributed by atoms with Gasteiger partial charge in [0.15, 0.2) is 0 Å². The second-order valence-electron chi connectivity index (χ2n) is 5.03. The molecule has 1 amide bonds. The summed E-state index contributed by atoms with van der Waals surface area (Å²) >= 11 is 0. The molecule has 21 heavy (non-hydrogen) atoms. The Hall–Kier alpha value is -2.29. The summed E-state index contributed by atoms with van der Waals surface area (Å²) in [6.45, 7) is 5.21. The van der Waals surface area contributed by atoms with E-state index in [1.807, 2.05) is 37.3 Å². The predicted molar refractivity (Wildman–Crippen MR) is 84.6 cm³/mol. The minimum atomic E-state index is -0.0867. The molecular formula is C18H21NO2. The Kier molecular flexibility index (Phi) is 5.38. The van der Waals surface area contributed by atoms with Crippen molar-refractivity contribution in [3.05, 3.63) is 65.2 Å². The smallest absolute Gasteiger partial charge is 0.255 e. The van der Waals surface area contributed by atoms with Crippen LogP contribution >= 0.6 is 0 Å². The normalized spacial score (nSPS) is 10.2. The number of amides is 1. The molecule has 2 rings (SSSR count). The second-order valence-corrected chi connectivity index (χ2v) is 5.03. The van der Waals surface area contributed by atoms with Crippen molar-refractivity contribution in [1.29, 1.82) is 0 Å². The number of rotatable bonds is 6. The Balaban J connectivity index is 2.06. The lowest BCUT2D eigenvalue weighted by atomic mass is 10.1. The minimum absolute atomic E-state index is 0.0867. The maximum absolute atomic E-state index is 12.1. The van der Waals surface area contributed by atoms with Crippen LogP contribution in [0.3, 0.4) is 0 Å². The number of nitrogens with one attached hydrogen (secondary N) is 1. The predicted octanol–water partition coefficient (Wildman–Crippen LogP) is 3.71. The Morgan fingerprint density at radius 3 is 2.52 bits per heavy atom. The Morgan fingerprint density at radius 1 is 1.10 bits per heavy atom. The average molecular weight is 283 g/mol. The van der Waals surface area contributed by atoms with E-state index in [1.165, 1.54) is 5.56 Å². The molecule has 0 bridgehead atoms. The standard InChI is InChI=1S/C18H21NO2/c1-3-12-19-18(20)16-6-4-5-7-17(16)21-13-15-10-8-14(2)9-11-15/h4-11H,3,12-13H2,1-2H3,(H,19,20). The molecule has 110 valence electrons. The fraction of sp³-hybridized carbons (Fsp3) is 0.278. The maximum atomic E-state index is 12.1. The molecule has 0 heterocycles. The third-order valence-electron chi connectivity index (χ3n) is 3.18. The molecule has 0 spiro atoms. The van der Waals surface area contributed by atoms with Crippen LogP contribution < -0.4 is 10.1 Å². The molecule has 1 N–H and O–H groups in total. The summed E-state index contributed by atoms with van der Waals surface area (Å²) in [7, 11) is 0. The van der Waals surface area contributed by atoms with Gasteiger partial charge in [-0.25, -0.2) is 0 Å². The number of hydrogen-bond donors (Lipinski definition) is 1. The van der Waals surface area contributed by atoms with Crippen molar-refractivity contribution >= 4 is 5.91 Å². The van der Waals surface area contributed by atoms with E-state index in [1.54, 1.807) is 6.07 Å². The molecule has 0 saturated heterocycles. The molecule has 0 aromatic heterocycles. The largest absolute Gasteiger partial charge is 0.488 e. The van der Waals surface area contributed by atoms with E-state index in [4.69, 9.17) is 4.74 Å². The molecule has 2 aromatic rings. The molecule has 0 aliphatic carbocycles. The van der Waals surface area contributed by atoms with Crippen molar-refractivity contribution in [3.8, 4) is 5.75 Å². The van der Waals surface area contributed by atoms with Gasteiger partial charge in [0.05, 0.1) is 5.56 Å². The lowest BCUT2D eigenvalue weighted by Gasteiger charge is -2.11. The van der Waals surface area contributed by atoms with E-state index in [0.717, 1.165) is 12.0 Å². The zero-order valence-corrected chi connectivity index (χ0v) is 12.6. The van der Waals surface area contributed by atoms with Gasteiger partial charge in [-0.05, 0) is 31.0 Å². The Morgan fingerprint density at radius 2 is 1.81 bits per heavy atom. The van der Waals surface area contributed by atoms with Gasteiger partial charge in [0.2, 0.25) is 0 Å². The molecule has 0 aliphatic heterocycles. The monoisotopic (exact) mass is 283 g/mol. The van der Waals surface area contributed by atoms with Gasteiger partial charge in [0.25, 0.3) is 5.91 Å². The van der Waals surface area contributed by atoms with Crippen molar-refractivity contribution in [2.75, 3.05) is 6.54 Å². The van der Waals surface area contributed by atoms with Gasteiger partial charge in [0, 0.05) is 6.54 Å². The van der Waals surface area contributed by atoms with Gasteiger partial charge >= 0.3 is 0 Å². The summed E-state index contributed by atoms with van der Waals surface area (Å²) in [5.74, 6) is 0.531. The summed E-state index contributed by atoms with van der Waals surface area (Å²) < 4.78 is 5.80. The van der Waals surface area contributed by atoms with Gasteiger partial charge in [-0.15, -0.1) is 0 Å². The highest BCUT2D eigenvalue weighted by molar-refractivity contribution is 5.96. The number of benzene rings is 2. The highest BCUT2D eigenvalue weighted by Crippen LogP contribution is 2.19. The van der Waals surface area contributed by atoms with Crippen LogP contribution in [0.1, 0.15) is 34.8 Å². The number of ether oxygens (including phenoxy) is 1. The molecule has 0 aliphatic rings. The highest BCUT2D eigenvalue weighted by Gasteiger charge is 2.11. The molecule has 0 unspecified atom stereocenters. The maximum Gasteiger partial charge on any atom is 0.255 e. The van der Waals surface area contributed by atoms with Crippen LogP contribution in [0.2, 0.25) is 0 Å². The van der Waals surface area contributed by atoms with Gasteiger partial charge < -0.3 is 10.1 Å². The number of para-hydroxylation sites is 1. The molecule has 0 saturated carbocycles. The van der Waals surface area contributed by atoms with Crippen molar-refractivity contribution < 1.29 is 9.53 Å². The first kappa shape index (κ1) is 15.1. The third kappa shape index (κ3) is 4.35. The summed E-state index contributed by atoms with van der Waals surface area (Å²) in [4.78, 5) is 12.1. The summed E-state index contributed by atoms with van der Waals surface area (Å²) in [5, 5.41) is 2.88. The molecule has 3 heteroatoms. The van der Waals surface area contributed by atoms with Crippen molar-refractivity contribution in [1.82, 2.24) is 5.32 Å². The lowest BCUT2D eigenvalue weighted by Crippen LogP contribution is -2.24. The molecule has 0 atom stereocenters. The van der Waals surface area contributed by atoms with Crippen molar-refractivity contribution in [2.45, 2.75) is 26.9 Å². The first-order chi connectivity index (χ1) is 10.2. The van der Waals surface area contributed by atoms with E-state index in [9.17, 15) is 4.79 Å². The van der Waals surface area contributed by atoms with Crippen LogP contribution in [0.25, 0.3) is 0 Å². The zero-order chi connectivity index (χ0) is 15.1.